The molecule has 1 aliphatic heterocycles. The molecule has 0 spiro atoms. The van der Waals surface area contributed by atoms with E-state index in [0.29, 0.717) is 21.3 Å². The Kier molecular flexibility index (Phi) is 7.89. The lowest BCUT2D eigenvalue weighted by atomic mass is 10.1. The number of halogens is 2. The number of rotatable bonds is 7. The largest absolute Gasteiger partial charge is 0.361 e. The molecule has 1 aliphatic rings. The van der Waals surface area contributed by atoms with E-state index in [1.54, 1.807) is 68.9 Å². The molecule has 9 heteroatoms. The van der Waals surface area contributed by atoms with E-state index >= 15 is 0 Å². The second kappa shape index (κ2) is 10.6. The highest BCUT2D eigenvalue weighted by molar-refractivity contribution is 6.42. The summed E-state index contributed by atoms with van der Waals surface area (Å²) in [5, 5.41) is 3.72. The van der Waals surface area contributed by atoms with Gasteiger partial charge >= 0.3 is 0 Å². The first-order valence-corrected chi connectivity index (χ1v) is 11.0. The third-order valence-electron chi connectivity index (χ3n) is 4.99. The van der Waals surface area contributed by atoms with Gasteiger partial charge in [0.1, 0.15) is 0 Å². The van der Waals surface area contributed by atoms with Gasteiger partial charge in [-0.3, -0.25) is 19.4 Å². The summed E-state index contributed by atoms with van der Waals surface area (Å²) >= 11 is 12.2. The van der Waals surface area contributed by atoms with E-state index < -0.39 is 12.1 Å². The van der Waals surface area contributed by atoms with Crippen LogP contribution in [-0.2, 0) is 16.1 Å². The second-order valence-corrected chi connectivity index (χ2v) is 8.63. The van der Waals surface area contributed by atoms with Crippen LogP contribution in [0, 0.1) is 0 Å². The molecule has 7 nitrogen and oxygen atoms in total. The van der Waals surface area contributed by atoms with Gasteiger partial charge in [0.05, 0.1) is 23.0 Å². The third kappa shape index (κ3) is 6.21. The van der Waals surface area contributed by atoms with Gasteiger partial charge in [0, 0.05) is 37.3 Å². The van der Waals surface area contributed by atoms with Crippen LogP contribution < -0.4 is 10.2 Å². The summed E-state index contributed by atoms with van der Waals surface area (Å²) in [6.07, 6.45) is 2.11. The lowest BCUT2D eigenvalue weighted by Crippen LogP contribution is -2.40. The lowest BCUT2D eigenvalue weighted by Gasteiger charge is -2.25. The van der Waals surface area contributed by atoms with Crippen LogP contribution in [0.15, 0.2) is 59.2 Å². The minimum Gasteiger partial charge on any atom is -0.361 e. The average Bonchev–Trinajstić information content (AvgIpc) is 2.79. The summed E-state index contributed by atoms with van der Waals surface area (Å²) in [7, 11) is 3.31. The molecular formula is C24H24Cl2N4O3. The Morgan fingerprint density at radius 2 is 1.82 bits per heavy atom. The SMILES string of the molecule is CC1=CC=NC(C(=O)CC(=O)N(Cc2ccc(Cl)c(Cl)c2)c2cccc(C(=O)N(C)C)c2)N1. The molecule has 0 aliphatic carbocycles. The van der Waals surface area contributed by atoms with Gasteiger partial charge in [0.25, 0.3) is 5.91 Å². The molecule has 2 aromatic rings. The molecule has 0 fully saturated rings. The van der Waals surface area contributed by atoms with Crippen LogP contribution in [-0.4, -0.2) is 49.0 Å². The average molecular weight is 487 g/mol. The van der Waals surface area contributed by atoms with Gasteiger partial charge in [-0.2, -0.15) is 0 Å². The number of carbonyl (C=O) groups is 3. The minimum absolute atomic E-state index is 0.142. The van der Waals surface area contributed by atoms with Crippen LogP contribution in [0.25, 0.3) is 0 Å². The molecule has 172 valence electrons. The molecule has 0 radical (unpaired) electrons. The molecule has 1 unspecified atom stereocenters. The molecular weight excluding hydrogens is 463 g/mol. The zero-order chi connectivity index (χ0) is 24.1. The molecule has 33 heavy (non-hydrogen) atoms. The fourth-order valence-electron chi connectivity index (χ4n) is 3.26. The fraction of sp³-hybridized carbons (Fsp3) is 0.250. The molecule has 2 aromatic carbocycles. The van der Waals surface area contributed by atoms with Crippen molar-refractivity contribution in [2.45, 2.75) is 26.1 Å². The first-order valence-electron chi connectivity index (χ1n) is 10.2. The van der Waals surface area contributed by atoms with Crippen molar-refractivity contribution in [1.82, 2.24) is 10.2 Å². The molecule has 0 saturated carbocycles. The molecule has 0 aromatic heterocycles. The molecule has 1 N–H and O–H groups in total. The van der Waals surface area contributed by atoms with Gasteiger partial charge < -0.3 is 15.1 Å². The number of benzene rings is 2. The van der Waals surface area contributed by atoms with Crippen LogP contribution in [0.3, 0.4) is 0 Å². The highest BCUT2D eigenvalue weighted by Gasteiger charge is 2.26. The van der Waals surface area contributed by atoms with Gasteiger partial charge in [0.15, 0.2) is 11.9 Å². The fourth-order valence-corrected chi connectivity index (χ4v) is 3.58. The van der Waals surface area contributed by atoms with Crippen molar-refractivity contribution < 1.29 is 14.4 Å². The summed E-state index contributed by atoms with van der Waals surface area (Å²) in [5.41, 5.74) is 2.43. The first-order chi connectivity index (χ1) is 15.7. The Hall–Kier alpha value is -3.16. The van der Waals surface area contributed by atoms with Gasteiger partial charge in [-0.1, -0.05) is 35.3 Å². The summed E-state index contributed by atoms with van der Waals surface area (Å²) in [6, 6.07) is 11.8. The second-order valence-electron chi connectivity index (χ2n) is 7.82. The number of amides is 2. The van der Waals surface area contributed by atoms with Crippen LogP contribution in [0.2, 0.25) is 10.0 Å². The maximum atomic E-state index is 13.3. The Bertz CT molecular complexity index is 1140. The molecule has 0 saturated heterocycles. The summed E-state index contributed by atoms with van der Waals surface area (Å²) < 4.78 is 0. The van der Waals surface area contributed by atoms with E-state index in [1.165, 1.54) is 9.80 Å². The highest BCUT2D eigenvalue weighted by atomic mass is 35.5. The Balaban J connectivity index is 1.90. The monoisotopic (exact) mass is 486 g/mol. The van der Waals surface area contributed by atoms with E-state index in [-0.39, 0.29) is 24.7 Å². The number of anilines is 1. The zero-order valence-electron chi connectivity index (χ0n) is 18.5. The number of nitrogens with one attached hydrogen (secondary N) is 1. The zero-order valence-corrected chi connectivity index (χ0v) is 20.0. The lowest BCUT2D eigenvalue weighted by molar-refractivity contribution is -0.127. The predicted octanol–water partition coefficient (Wildman–Crippen LogP) is 4.09. The van der Waals surface area contributed by atoms with Crippen molar-refractivity contribution in [3.05, 3.63) is 75.4 Å². The summed E-state index contributed by atoms with van der Waals surface area (Å²) in [6.45, 7) is 1.96. The number of Topliss-reactive ketones (excluding diaryl/α,β-unsaturated/α-hetero) is 1. The maximum Gasteiger partial charge on any atom is 0.253 e. The van der Waals surface area contributed by atoms with Crippen molar-refractivity contribution in [2.24, 2.45) is 4.99 Å². The third-order valence-corrected chi connectivity index (χ3v) is 5.73. The number of aliphatic imine (C=N–C) groups is 1. The minimum atomic E-state index is -0.813. The van der Waals surface area contributed by atoms with Crippen molar-refractivity contribution in [3.63, 3.8) is 0 Å². The maximum absolute atomic E-state index is 13.3. The van der Waals surface area contributed by atoms with E-state index in [9.17, 15) is 14.4 Å². The number of hydrogen-bond donors (Lipinski definition) is 1. The number of ketones is 1. The van der Waals surface area contributed by atoms with E-state index in [2.05, 4.69) is 10.3 Å². The summed E-state index contributed by atoms with van der Waals surface area (Å²) in [5.74, 6) is -0.981. The number of carbonyl (C=O) groups excluding carboxylic acids is 3. The standard InChI is InChI=1S/C24H24Cl2N4O3/c1-15-9-10-27-23(28-15)21(31)13-22(32)30(14-16-7-8-19(25)20(26)11-16)18-6-4-5-17(12-18)24(33)29(2)3/h4-12,23,28H,13-14H2,1-3H3. The molecule has 1 heterocycles. The number of nitrogens with zero attached hydrogens (tertiary/aromatic N) is 3. The number of hydrogen-bond acceptors (Lipinski definition) is 5. The number of allylic oxidation sites excluding steroid dienone is 2. The normalized spacial score (nSPS) is 14.8. The van der Waals surface area contributed by atoms with Gasteiger partial charge in [0.2, 0.25) is 5.91 Å². The molecule has 2 amide bonds. The van der Waals surface area contributed by atoms with Crippen LogP contribution >= 0.6 is 23.2 Å². The van der Waals surface area contributed by atoms with Gasteiger partial charge in [-0.25, -0.2) is 0 Å². The van der Waals surface area contributed by atoms with Crippen molar-refractivity contribution in [3.8, 4) is 0 Å². The molecule has 3 rings (SSSR count). The Morgan fingerprint density at radius 1 is 1.06 bits per heavy atom. The smallest absolute Gasteiger partial charge is 0.253 e. The van der Waals surface area contributed by atoms with E-state index in [4.69, 9.17) is 23.2 Å². The van der Waals surface area contributed by atoms with Crippen LogP contribution in [0.4, 0.5) is 5.69 Å². The van der Waals surface area contributed by atoms with Crippen molar-refractivity contribution in [1.29, 1.82) is 0 Å². The van der Waals surface area contributed by atoms with Crippen LogP contribution in [0.1, 0.15) is 29.3 Å². The Labute approximate surface area is 202 Å². The summed E-state index contributed by atoms with van der Waals surface area (Å²) in [4.78, 5) is 45.5. The molecule has 1 atom stereocenters. The highest BCUT2D eigenvalue weighted by Crippen LogP contribution is 2.26. The molecule has 0 bridgehead atoms. The van der Waals surface area contributed by atoms with Gasteiger partial charge in [-0.05, 0) is 48.9 Å². The Morgan fingerprint density at radius 3 is 2.48 bits per heavy atom. The van der Waals surface area contributed by atoms with E-state index in [0.717, 1.165) is 11.3 Å². The first kappa shape index (κ1) is 24.5. The topological polar surface area (TPSA) is 82.1 Å². The van der Waals surface area contributed by atoms with E-state index in [1.807, 2.05) is 6.92 Å². The predicted molar refractivity (Wildman–Crippen MR) is 131 cm³/mol. The van der Waals surface area contributed by atoms with Crippen molar-refractivity contribution >= 4 is 52.7 Å². The quantitative estimate of drug-likeness (QED) is 0.597. The van der Waals surface area contributed by atoms with Gasteiger partial charge in [-0.15, -0.1) is 0 Å². The van der Waals surface area contributed by atoms with Crippen LogP contribution in [0.5, 0.6) is 0 Å². The van der Waals surface area contributed by atoms with Crippen molar-refractivity contribution in [2.75, 3.05) is 19.0 Å².